The summed E-state index contributed by atoms with van der Waals surface area (Å²) < 4.78 is 5.43. The lowest BCUT2D eigenvalue weighted by Crippen LogP contribution is -2.39. The molecule has 3 heteroatoms. The Morgan fingerprint density at radius 2 is 1.91 bits per heavy atom. The molecule has 1 amide bonds. The monoisotopic (exact) mass is 309 g/mol. The van der Waals surface area contributed by atoms with Gasteiger partial charge in [0.25, 0.3) is 5.91 Å². The van der Waals surface area contributed by atoms with Crippen LogP contribution in [0.3, 0.4) is 0 Å². The van der Waals surface area contributed by atoms with E-state index in [1.54, 1.807) is 7.11 Å². The highest BCUT2D eigenvalue weighted by atomic mass is 16.5. The molecule has 0 saturated carbocycles. The number of nitrogens with zero attached hydrogens (tertiary/aromatic N) is 1. The van der Waals surface area contributed by atoms with Gasteiger partial charge < -0.3 is 9.64 Å². The van der Waals surface area contributed by atoms with E-state index in [0.717, 1.165) is 30.6 Å². The zero-order valence-corrected chi connectivity index (χ0v) is 13.8. The summed E-state index contributed by atoms with van der Waals surface area (Å²) in [5, 5.41) is 0. The SMILES string of the molecule is COc1ccc(-c2ccccc2)cc1C(=O)N1CCCC(C)C1. The highest BCUT2D eigenvalue weighted by molar-refractivity contribution is 5.98. The molecule has 1 unspecified atom stereocenters. The average Bonchev–Trinajstić information content (AvgIpc) is 2.61. The zero-order chi connectivity index (χ0) is 16.2. The minimum atomic E-state index is 0.0752. The van der Waals surface area contributed by atoms with E-state index in [2.05, 4.69) is 19.1 Å². The van der Waals surface area contributed by atoms with E-state index in [9.17, 15) is 4.79 Å². The first-order valence-corrected chi connectivity index (χ1v) is 8.22. The van der Waals surface area contributed by atoms with Gasteiger partial charge in [0.2, 0.25) is 0 Å². The maximum atomic E-state index is 13.0. The summed E-state index contributed by atoms with van der Waals surface area (Å²) in [5.41, 5.74) is 2.80. The molecule has 1 saturated heterocycles. The Morgan fingerprint density at radius 3 is 2.61 bits per heavy atom. The molecule has 1 aliphatic rings. The standard InChI is InChI=1S/C20H23NO2/c1-15-7-6-12-21(14-15)20(22)18-13-17(10-11-19(18)23-2)16-8-4-3-5-9-16/h3-5,8-11,13,15H,6-7,12,14H2,1-2H3. The lowest BCUT2D eigenvalue weighted by atomic mass is 9.98. The summed E-state index contributed by atoms with van der Waals surface area (Å²) in [6.45, 7) is 3.87. The summed E-state index contributed by atoms with van der Waals surface area (Å²) in [6, 6.07) is 16.0. The molecule has 0 N–H and O–H groups in total. The number of carbonyl (C=O) groups excluding carboxylic acids is 1. The normalized spacial score (nSPS) is 17.8. The van der Waals surface area contributed by atoms with Crippen molar-refractivity contribution in [3.8, 4) is 16.9 Å². The van der Waals surface area contributed by atoms with Gasteiger partial charge in [0.15, 0.2) is 0 Å². The molecule has 0 aliphatic carbocycles. The number of ether oxygens (including phenoxy) is 1. The number of benzene rings is 2. The van der Waals surface area contributed by atoms with E-state index in [-0.39, 0.29) is 5.91 Å². The predicted molar refractivity (Wildman–Crippen MR) is 92.7 cm³/mol. The molecule has 3 rings (SSSR count). The number of amides is 1. The van der Waals surface area contributed by atoms with E-state index in [0.29, 0.717) is 17.2 Å². The summed E-state index contributed by atoms with van der Waals surface area (Å²) in [4.78, 5) is 14.9. The lowest BCUT2D eigenvalue weighted by molar-refractivity contribution is 0.0679. The van der Waals surface area contributed by atoms with Gasteiger partial charge in [-0.2, -0.15) is 0 Å². The van der Waals surface area contributed by atoms with Gasteiger partial charge in [0.05, 0.1) is 12.7 Å². The van der Waals surface area contributed by atoms with Crippen LogP contribution in [-0.2, 0) is 0 Å². The van der Waals surface area contributed by atoms with Crippen LogP contribution in [0.15, 0.2) is 48.5 Å². The number of hydrogen-bond donors (Lipinski definition) is 0. The van der Waals surface area contributed by atoms with Crippen molar-refractivity contribution in [2.75, 3.05) is 20.2 Å². The van der Waals surface area contributed by atoms with Crippen molar-refractivity contribution in [1.29, 1.82) is 0 Å². The molecule has 2 aromatic carbocycles. The van der Waals surface area contributed by atoms with Crippen molar-refractivity contribution < 1.29 is 9.53 Å². The van der Waals surface area contributed by atoms with Crippen molar-refractivity contribution in [2.24, 2.45) is 5.92 Å². The highest BCUT2D eigenvalue weighted by Crippen LogP contribution is 2.29. The minimum Gasteiger partial charge on any atom is -0.496 e. The van der Waals surface area contributed by atoms with Crippen molar-refractivity contribution >= 4 is 5.91 Å². The number of hydrogen-bond acceptors (Lipinski definition) is 2. The second-order valence-electron chi connectivity index (χ2n) is 6.28. The number of piperidine rings is 1. The first kappa shape index (κ1) is 15.6. The van der Waals surface area contributed by atoms with E-state index < -0.39 is 0 Å². The third kappa shape index (κ3) is 3.39. The molecule has 0 radical (unpaired) electrons. The molecule has 1 atom stereocenters. The fourth-order valence-corrected chi connectivity index (χ4v) is 3.23. The van der Waals surface area contributed by atoms with Gasteiger partial charge in [-0.1, -0.05) is 43.3 Å². The largest absolute Gasteiger partial charge is 0.496 e. The number of rotatable bonds is 3. The zero-order valence-electron chi connectivity index (χ0n) is 13.8. The molecule has 0 aromatic heterocycles. The summed E-state index contributed by atoms with van der Waals surface area (Å²) in [5.74, 6) is 1.29. The first-order chi connectivity index (χ1) is 11.2. The molecule has 1 heterocycles. The molecule has 1 fully saturated rings. The number of methoxy groups -OCH3 is 1. The Labute approximate surface area is 137 Å². The molecule has 120 valence electrons. The van der Waals surface area contributed by atoms with Crippen LogP contribution in [0, 0.1) is 5.92 Å². The Balaban J connectivity index is 1.94. The summed E-state index contributed by atoms with van der Waals surface area (Å²) >= 11 is 0. The lowest BCUT2D eigenvalue weighted by Gasteiger charge is -2.31. The van der Waals surface area contributed by atoms with Gasteiger partial charge in [-0.25, -0.2) is 0 Å². The van der Waals surface area contributed by atoms with Crippen molar-refractivity contribution in [1.82, 2.24) is 4.90 Å². The molecule has 23 heavy (non-hydrogen) atoms. The van der Waals surface area contributed by atoms with Crippen LogP contribution < -0.4 is 4.74 Å². The van der Waals surface area contributed by atoms with Crippen LogP contribution in [-0.4, -0.2) is 31.0 Å². The molecular formula is C20H23NO2. The topological polar surface area (TPSA) is 29.5 Å². The fraction of sp³-hybridized carbons (Fsp3) is 0.350. The first-order valence-electron chi connectivity index (χ1n) is 8.22. The van der Waals surface area contributed by atoms with Crippen LogP contribution in [0.2, 0.25) is 0 Å². The smallest absolute Gasteiger partial charge is 0.257 e. The number of carbonyl (C=O) groups is 1. The minimum absolute atomic E-state index is 0.0752. The predicted octanol–water partition coefficient (Wildman–Crippen LogP) is 4.23. The second-order valence-corrected chi connectivity index (χ2v) is 6.28. The van der Waals surface area contributed by atoms with Gasteiger partial charge >= 0.3 is 0 Å². The summed E-state index contributed by atoms with van der Waals surface area (Å²) in [6.07, 6.45) is 2.28. The van der Waals surface area contributed by atoms with Gasteiger partial charge in [-0.15, -0.1) is 0 Å². The quantitative estimate of drug-likeness (QED) is 0.849. The van der Waals surface area contributed by atoms with Gasteiger partial charge in [0.1, 0.15) is 5.75 Å². The second kappa shape index (κ2) is 6.86. The summed E-state index contributed by atoms with van der Waals surface area (Å²) in [7, 11) is 1.62. The Hall–Kier alpha value is -2.29. The molecule has 3 nitrogen and oxygen atoms in total. The Bertz CT molecular complexity index is 681. The van der Waals surface area contributed by atoms with E-state index in [1.807, 2.05) is 41.3 Å². The van der Waals surface area contributed by atoms with Crippen LogP contribution in [0.4, 0.5) is 0 Å². The number of likely N-dealkylation sites (tertiary alicyclic amines) is 1. The third-order valence-corrected chi connectivity index (χ3v) is 4.48. The van der Waals surface area contributed by atoms with Crippen LogP contribution in [0.1, 0.15) is 30.1 Å². The Morgan fingerprint density at radius 1 is 1.13 bits per heavy atom. The van der Waals surface area contributed by atoms with Crippen LogP contribution in [0.5, 0.6) is 5.75 Å². The molecule has 1 aliphatic heterocycles. The van der Waals surface area contributed by atoms with Gasteiger partial charge in [-0.3, -0.25) is 4.79 Å². The van der Waals surface area contributed by atoms with Crippen molar-refractivity contribution in [2.45, 2.75) is 19.8 Å². The molecule has 0 bridgehead atoms. The average molecular weight is 309 g/mol. The fourth-order valence-electron chi connectivity index (χ4n) is 3.23. The molecule has 0 spiro atoms. The van der Waals surface area contributed by atoms with Crippen molar-refractivity contribution in [3.05, 3.63) is 54.1 Å². The van der Waals surface area contributed by atoms with E-state index >= 15 is 0 Å². The maximum Gasteiger partial charge on any atom is 0.257 e. The van der Waals surface area contributed by atoms with E-state index in [4.69, 9.17) is 4.74 Å². The maximum absolute atomic E-state index is 13.0. The van der Waals surface area contributed by atoms with Crippen LogP contribution in [0.25, 0.3) is 11.1 Å². The van der Waals surface area contributed by atoms with E-state index in [1.165, 1.54) is 6.42 Å². The van der Waals surface area contributed by atoms with Crippen molar-refractivity contribution in [3.63, 3.8) is 0 Å². The van der Waals surface area contributed by atoms with Crippen LogP contribution >= 0.6 is 0 Å². The highest BCUT2D eigenvalue weighted by Gasteiger charge is 2.24. The Kier molecular flexibility index (Phi) is 4.65. The molecule has 2 aromatic rings. The molecular weight excluding hydrogens is 286 g/mol. The van der Waals surface area contributed by atoms with Gasteiger partial charge in [-0.05, 0) is 42.0 Å². The third-order valence-electron chi connectivity index (χ3n) is 4.48. The van der Waals surface area contributed by atoms with Gasteiger partial charge in [0, 0.05) is 13.1 Å².